The van der Waals surface area contributed by atoms with Crippen LogP contribution in [-0.4, -0.2) is 33.7 Å². The van der Waals surface area contributed by atoms with Crippen molar-refractivity contribution >= 4 is 33.7 Å². The maximum Gasteiger partial charge on any atom is 0 e. The normalized spacial score (nSPS) is 0. The molecule has 0 amide bonds. The molecule has 0 nitrogen and oxygen atoms in total. The largest absolute Gasteiger partial charge is 0 e. The summed E-state index contributed by atoms with van der Waals surface area (Å²) in [6.45, 7) is 0. The summed E-state index contributed by atoms with van der Waals surface area (Å²) in [7, 11) is 0. The Hall–Kier alpha value is 1.53. The molecule has 0 atom stereocenters. The summed E-state index contributed by atoms with van der Waals surface area (Å²) in [5, 5.41) is 0. The molecule has 22 valence electrons. The molecule has 5 heteroatoms. The molecule has 0 rings (SSSR count). The van der Waals surface area contributed by atoms with Crippen LogP contribution >= 0.6 is 0 Å². The van der Waals surface area contributed by atoms with Crippen molar-refractivity contribution in [2.45, 2.75) is 0 Å². The van der Waals surface area contributed by atoms with E-state index in [0.717, 1.165) is 0 Å². The molecule has 0 saturated carbocycles. The van der Waals surface area contributed by atoms with Gasteiger partial charge < -0.3 is 0 Å². The molecular formula is B4Dy. The predicted octanol–water partition coefficient (Wildman–Crippen LogP) is -1.52. The number of rotatable bonds is 0. The van der Waals surface area contributed by atoms with Gasteiger partial charge in [-0.3, -0.25) is 0 Å². The van der Waals surface area contributed by atoms with Gasteiger partial charge in [0.15, 0.2) is 0 Å². The van der Waals surface area contributed by atoms with Gasteiger partial charge in [0.2, 0.25) is 0 Å². The maximum absolute atomic E-state index is 0. The molecule has 0 aliphatic carbocycles. The molecular weight excluding hydrogens is 206 g/mol. The van der Waals surface area contributed by atoms with E-state index in [0.29, 0.717) is 0 Å². The molecule has 0 N–H and O–H groups in total. The number of hydrogen-bond donors (Lipinski definition) is 0. The first kappa shape index (κ1) is 85.1. The van der Waals surface area contributed by atoms with Crippen molar-refractivity contribution in [2.24, 2.45) is 0 Å². The fourth-order valence-corrected chi connectivity index (χ4v) is 0. The van der Waals surface area contributed by atoms with Crippen molar-refractivity contribution in [3.05, 3.63) is 0 Å². The zero-order chi connectivity index (χ0) is 0. The Kier molecular flexibility index (Phi) is 824. The Morgan fingerprint density at radius 2 is 0.400 bits per heavy atom. The second-order valence-electron chi connectivity index (χ2n) is 0. The van der Waals surface area contributed by atoms with E-state index < -0.39 is 0 Å². The summed E-state index contributed by atoms with van der Waals surface area (Å²) in [5.41, 5.74) is 0. The standard InChI is InChI=1S/4B.Dy. The fourth-order valence-electron chi connectivity index (χ4n) is 0. The molecule has 0 aromatic rings. The van der Waals surface area contributed by atoms with Gasteiger partial charge in [0.05, 0.1) is 0 Å². The zero-order valence-electron chi connectivity index (χ0n) is 2.63. The first-order valence-corrected chi connectivity index (χ1v) is 0. The van der Waals surface area contributed by atoms with Crippen LogP contribution in [0.25, 0.3) is 0 Å². The van der Waals surface area contributed by atoms with E-state index in [-0.39, 0.29) is 71.8 Å². The predicted molar refractivity (Wildman–Crippen MR) is 23.0 cm³/mol. The molecule has 0 bridgehead atoms. The second kappa shape index (κ2) is 48.4. The molecule has 0 unspecified atom stereocenters. The maximum atomic E-state index is 0. The Labute approximate surface area is 71.2 Å². The minimum Gasteiger partial charge on any atom is 0 e. The summed E-state index contributed by atoms with van der Waals surface area (Å²) < 4.78 is 0. The summed E-state index contributed by atoms with van der Waals surface area (Å²) in [5.74, 6) is 0. The van der Waals surface area contributed by atoms with Crippen LogP contribution in [0, 0.1) is 38.2 Å². The molecule has 12 radical (unpaired) electrons. The van der Waals surface area contributed by atoms with Crippen LogP contribution in [0.1, 0.15) is 0 Å². The average molecular weight is 206 g/mol. The fraction of sp³-hybridized carbons (Fsp3) is 0. The third-order valence-electron chi connectivity index (χ3n) is 0. The van der Waals surface area contributed by atoms with Crippen LogP contribution < -0.4 is 0 Å². The van der Waals surface area contributed by atoms with Crippen molar-refractivity contribution in [3.63, 3.8) is 0 Å². The smallest absolute Gasteiger partial charge is 0 e. The van der Waals surface area contributed by atoms with E-state index >= 15 is 0 Å². The molecule has 0 aromatic carbocycles. The molecule has 0 aliphatic rings. The molecule has 0 aliphatic heterocycles. The topological polar surface area (TPSA) is 0 Å². The summed E-state index contributed by atoms with van der Waals surface area (Å²) in [4.78, 5) is 0. The van der Waals surface area contributed by atoms with E-state index in [1.54, 1.807) is 0 Å². The van der Waals surface area contributed by atoms with E-state index in [9.17, 15) is 0 Å². The molecule has 0 aromatic heterocycles. The van der Waals surface area contributed by atoms with Crippen LogP contribution in [0.15, 0.2) is 0 Å². The van der Waals surface area contributed by atoms with Gasteiger partial charge in [0.25, 0.3) is 0 Å². The molecule has 0 saturated heterocycles. The van der Waals surface area contributed by atoms with Crippen LogP contribution in [0.5, 0.6) is 0 Å². The molecule has 0 heterocycles. The van der Waals surface area contributed by atoms with Gasteiger partial charge in [0, 0.05) is 71.8 Å². The van der Waals surface area contributed by atoms with Crippen LogP contribution in [-0.2, 0) is 0 Å². The van der Waals surface area contributed by atoms with Crippen molar-refractivity contribution in [3.8, 4) is 0 Å². The Balaban J connectivity index is 0. The minimum atomic E-state index is 0. The summed E-state index contributed by atoms with van der Waals surface area (Å²) >= 11 is 0. The van der Waals surface area contributed by atoms with Crippen molar-refractivity contribution in [1.82, 2.24) is 0 Å². The van der Waals surface area contributed by atoms with Gasteiger partial charge in [-0.05, 0) is 0 Å². The monoisotopic (exact) mass is 208 g/mol. The first-order chi connectivity index (χ1) is 0. The zero-order valence-corrected chi connectivity index (χ0v) is 4.65. The van der Waals surface area contributed by atoms with Gasteiger partial charge in [-0.15, -0.1) is 0 Å². The quantitative estimate of drug-likeness (QED) is 0.422. The third kappa shape index (κ3) is 29.4. The summed E-state index contributed by atoms with van der Waals surface area (Å²) in [6, 6.07) is 0. The Morgan fingerprint density at radius 3 is 0.400 bits per heavy atom. The van der Waals surface area contributed by atoms with Crippen LogP contribution in [0.2, 0.25) is 0 Å². The van der Waals surface area contributed by atoms with E-state index in [4.69, 9.17) is 0 Å². The average Bonchev–Trinajstić information content (AvgIpc) is 0. The van der Waals surface area contributed by atoms with E-state index in [1.807, 2.05) is 0 Å². The van der Waals surface area contributed by atoms with E-state index in [2.05, 4.69) is 0 Å². The van der Waals surface area contributed by atoms with Gasteiger partial charge in [-0.2, -0.15) is 0 Å². The Bertz CT molecular complexity index is 3.61. The van der Waals surface area contributed by atoms with Crippen molar-refractivity contribution in [1.29, 1.82) is 0 Å². The van der Waals surface area contributed by atoms with Gasteiger partial charge in [-0.25, -0.2) is 0 Å². The second-order valence-corrected chi connectivity index (χ2v) is 0. The van der Waals surface area contributed by atoms with E-state index in [1.165, 1.54) is 0 Å². The number of hydrogen-bond acceptors (Lipinski definition) is 0. The van der Waals surface area contributed by atoms with Gasteiger partial charge >= 0.3 is 0 Å². The van der Waals surface area contributed by atoms with Crippen molar-refractivity contribution in [2.75, 3.05) is 0 Å². The van der Waals surface area contributed by atoms with Crippen LogP contribution in [0.4, 0.5) is 0 Å². The first-order valence-electron chi connectivity index (χ1n) is 0. The summed E-state index contributed by atoms with van der Waals surface area (Å²) in [6.07, 6.45) is 0. The molecule has 5 heavy (non-hydrogen) atoms. The molecule has 0 spiro atoms. The van der Waals surface area contributed by atoms with Gasteiger partial charge in [-0.1, -0.05) is 0 Å². The van der Waals surface area contributed by atoms with Crippen LogP contribution in [0.3, 0.4) is 0 Å². The van der Waals surface area contributed by atoms with Crippen molar-refractivity contribution < 1.29 is 38.2 Å². The third-order valence-corrected chi connectivity index (χ3v) is 0. The SMILES string of the molecule is [B].[B].[B].[B].[Dy]. The van der Waals surface area contributed by atoms with Gasteiger partial charge in [0.1, 0.15) is 0 Å². The minimum absolute atomic E-state index is 0. The Morgan fingerprint density at radius 1 is 0.400 bits per heavy atom. The molecule has 0 fully saturated rings.